The van der Waals surface area contributed by atoms with E-state index in [9.17, 15) is 5.11 Å². The maximum Gasteiger partial charge on any atom is 0.186 e. The summed E-state index contributed by atoms with van der Waals surface area (Å²) in [6, 6.07) is 5.99. The molecule has 0 spiro atoms. The molecule has 1 aromatic carbocycles. The van der Waals surface area contributed by atoms with Crippen LogP contribution in [0.2, 0.25) is 0 Å². The van der Waals surface area contributed by atoms with Crippen LogP contribution in [0.25, 0.3) is 10.1 Å². The Balaban J connectivity index is 2.88. The molecular weight excluding hydrogens is 268 g/mol. The Labute approximate surface area is 92.9 Å². The SMILES string of the molecule is CSc1c(O)sc2cccc(Br)c12. The van der Waals surface area contributed by atoms with Gasteiger partial charge in [-0.1, -0.05) is 33.3 Å². The van der Waals surface area contributed by atoms with Crippen LogP contribution in [0.5, 0.6) is 5.06 Å². The number of halogens is 1. The largest absolute Gasteiger partial charge is 0.499 e. The number of benzene rings is 1. The Morgan fingerprint density at radius 3 is 2.92 bits per heavy atom. The van der Waals surface area contributed by atoms with Gasteiger partial charge in [0.15, 0.2) is 5.06 Å². The van der Waals surface area contributed by atoms with Crippen molar-refractivity contribution in [3.05, 3.63) is 22.7 Å². The minimum atomic E-state index is 0.411. The van der Waals surface area contributed by atoms with Crippen LogP contribution < -0.4 is 0 Å². The van der Waals surface area contributed by atoms with E-state index in [2.05, 4.69) is 15.9 Å². The molecule has 0 atom stereocenters. The zero-order valence-electron chi connectivity index (χ0n) is 6.87. The van der Waals surface area contributed by atoms with Crippen LogP contribution in [0.4, 0.5) is 0 Å². The minimum absolute atomic E-state index is 0.411. The van der Waals surface area contributed by atoms with E-state index in [1.54, 1.807) is 11.8 Å². The lowest BCUT2D eigenvalue weighted by molar-refractivity contribution is 0.480. The van der Waals surface area contributed by atoms with Gasteiger partial charge in [-0.3, -0.25) is 0 Å². The summed E-state index contributed by atoms with van der Waals surface area (Å²) >= 11 is 6.48. The Kier molecular flexibility index (Phi) is 2.53. The van der Waals surface area contributed by atoms with E-state index in [-0.39, 0.29) is 0 Å². The van der Waals surface area contributed by atoms with Crippen LogP contribution in [0, 0.1) is 0 Å². The summed E-state index contributed by atoms with van der Waals surface area (Å²) in [6.07, 6.45) is 1.97. The van der Waals surface area contributed by atoms with Crippen LogP contribution in [0.15, 0.2) is 27.6 Å². The predicted molar refractivity (Wildman–Crippen MR) is 63.0 cm³/mol. The molecule has 1 heterocycles. The maximum atomic E-state index is 9.64. The summed E-state index contributed by atoms with van der Waals surface area (Å²) in [5.74, 6) is 0. The number of hydrogen-bond acceptors (Lipinski definition) is 3. The maximum absolute atomic E-state index is 9.64. The standard InChI is InChI=1S/C9H7BrOS2/c1-12-8-7-5(10)3-2-4-6(7)13-9(8)11/h2-4,11H,1H3. The van der Waals surface area contributed by atoms with Crippen molar-refractivity contribution in [1.29, 1.82) is 0 Å². The van der Waals surface area contributed by atoms with Crippen molar-refractivity contribution in [3.8, 4) is 5.06 Å². The number of hydrogen-bond donors (Lipinski definition) is 1. The van der Waals surface area contributed by atoms with Gasteiger partial charge in [0.2, 0.25) is 0 Å². The average molecular weight is 275 g/mol. The van der Waals surface area contributed by atoms with Gasteiger partial charge in [0.1, 0.15) is 0 Å². The van der Waals surface area contributed by atoms with E-state index in [4.69, 9.17) is 0 Å². The highest BCUT2D eigenvalue weighted by Crippen LogP contribution is 2.44. The second kappa shape index (κ2) is 3.52. The molecule has 0 bridgehead atoms. The molecule has 2 aromatic rings. The van der Waals surface area contributed by atoms with Crippen molar-refractivity contribution in [2.75, 3.05) is 6.26 Å². The lowest BCUT2D eigenvalue weighted by Gasteiger charge is -1.96. The number of aromatic hydroxyl groups is 1. The van der Waals surface area contributed by atoms with Crippen molar-refractivity contribution < 1.29 is 5.11 Å². The van der Waals surface area contributed by atoms with Gasteiger partial charge in [0, 0.05) is 14.6 Å². The van der Waals surface area contributed by atoms with Gasteiger partial charge in [-0.2, -0.15) is 0 Å². The molecule has 13 heavy (non-hydrogen) atoms. The molecular formula is C9H7BrOS2. The molecule has 0 fully saturated rings. The summed E-state index contributed by atoms with van der Waals surface area (Å²) in [4.78, 5) is 0.965. The summed E-state index contributed by atoms with van der Waals surface area (Å²) < 4.78 is 2.17. The first-order valence-electron chi connectivity index (χ1n) is 3.68. The molecule has 0 saturated heterocycles. The number of rotatable bonds is 1. The molecule has 2 rings (SSSR count). The average Bonchev–Trinajstić information content (AvgIpc) is 2.42. The zero-order chi connectivity index (χ0) is 9.42. The topological polar surface area (TPSA) is 20.2 Å². The first-order chi connectivity index (χ1) is 6.24. The van der Waals surface area contributed by atoms with Crippen molar-refractivity contribution >= 4 is 49.1 Å². The highest BCUT2D eigenvalue weighted by molar-refractivity contribution is 9.10. The van der Waals surface area contributed by atoms with Crippen molar-refractivity contribution in [1.82, 2.24) is 0 Å². The number of thioether (sulfide) groups is 1. The van der Waals surface area contributed by atoms with Gasteiger partial charge < -0.3 is 5.11 Å². The van der Waals surface area contributed by atoms with Crippen LogP contribution in [0.1, 0.15) is 0 Å². The molecule has 1 N–H and O–H groups in total. The first kappa shape index (κ1) is 9.37. The lowest BCUT2D eigenvalue weighted by Crippen LogP contribution is -1.69. The molecule has 0 aliphatic heterocycles. The van der Waals surface area contributed by atoms with Gasteiger partial charge >= 0.3 is 0 Å². The molecule has 0 aliphatic carbocycles. The van der Waals surface area contributed by atoms with Crippen LogP contribution in [0.3, 0.4) is 0 Å². The Bertz CT molecular complexity index is 450. The first-order valence-corrected chi connectivity index (χ1v) is 6.51. The highest BCUT2D eigenvalue weighted by atomic mass is 79.9. The highest BCUT2D eigenvalue weighted by Gasteiger charge is 2.12. The van der Waals surface area contributed by atoms with E-state index < -0.39 is 0 Å². The second-order valence-corrected chi connectivity index (χ2v) is 5.25. The summed E-state index contributed by atoms with van der Waals surface area (Å²) in [5.41, 5.74) is 0. The second-order valence-electron chi connectivity index (χ2n) is 2.55. The molecule has 0 aliphatic rings. The fourth-order valence-electron chi connectivity index (χ4n) is 1.26. The third kappa shape index (κ3) is 1.47. The Morgan fingerprint density at radius 1 is 1.46 bits per heavy atom. The third-order valence-electron chi connectivity index (χ3n) is 1.81. The zero-order valence-corrected chi connectivity index (χ0v) is 10.1. The van der Waals surface area contributed by atoms with Crippen molar-refractivity contribution in [2.45, 2.75) is 4.90 Å². The van der Waals surface area contributed by atoms with Crippen LogP contribution in [-0.2, 0) is 0 Å². The number of fused-ring (bicyclic) bond motifs is 1. The lowest BCUT2D eigenvalue weighted by atomic mass is 10.3. The smallest absolute Gasteiger partial charge is 0.186 e. The molecule has 68 valence electrons. The third-order valence-corrected chi connectivity index (χ3v) is 4.36. The quantitative estimate of drug-likeness (QED) is 0.791. The van der Waals surface area contributed by atoms with Crippen LogP contribution >= 0.6 is 39.0 Å². The fraction of sp³-hybridized carbons (Fsp3) is 0.111. The Hall–Kier alpha value is -0.190. The molecule has 1 aromatic heterocycles. The molecule has 0 saturated carbocycles. The van der Waals surface area contributed by atoms with Crippen molar-refractivity contribution in [2.24, 2.45) is 0 Å². The number of thiophene rings is 1. The molecule has 0 amide bonds. The summed E-state index contributed by atoms with van der Waals surface area (Å²) in [7, 11) is 0. The normalized spacial score (nSPS) is 10.9. The van der Waals surface area contributed by atoms with E-state index in [1.807, 2.05) is 24.5 Å². The van der Waals surface area contributed by atoms with Crippen molar-refractivity contribution in [3.63, 3.8) is 0 Å². The Morgan fingerprint density at radius 2 is 2.23 bits per heavy atom. The molecule has 0 radical (unpaired) electrons. The van der Waals surface area contributed by atoms with Gasteiger partial charge in [-0.05, 0) is 18.4 Å². The van der Waals surface area contributed by atoms with E-state index >= 15 is 0 Å². The van der Waals surface area contributed by atoms with Gasteiger partial charge in [0.05, 0.1) is 4.90 Å². The van der Waals surface area contributed by atoms with Gasteiger partial charge in [-0.25, -0.2) is 0 Å². The van der Waals surface area contributed by atoms with Gasteiger partial charge in [-0.15, -0.1) is 11.8 Å². The predicted octanol–water partition coefficient (Wildman–Crippen LogP) is 4.09. The molecule has 0 unspecified atom stereocenters. The molecule has 4 heteroatoms. The van der Waals surface area contributed by atoms with Gasteiger partial charge in [0.25, 0.3) is 0 Å². The summed E-state index contributed by atoms with van der Waals surface area (Å²) in [5, 5.41) is 11.2. The monoisotopic (exact) mass is 274 g/mol. The minimum Gasteiger partial charge on any atom is -0.499 e. The summed E-state index contributed by atoms with van der Waals surface area (Å²) in [6.45, 7) is 0. The molecule has 1 nitrogen and oxygen atoms in total. The van der Waals surface area contributed by atoms with E-state index in [0.717, 1.165) is 19.5 Å². The van der Waals surface area contributed by atoms with E-state index in [0.29, 0.717) is 5.06 Å². The fourth-order valence-corrected chi connectivity index (χ4v) is 3.99. The van der Waals surface area contributed by atoms with E-state index in [1.165, 1.54) is 11.3 Å². The van der Waals surface area contributed by atoms with Crippen LogP contribution in [-0.4, -0.2) is 11.4 Å².